The second-order valence-electron chi connectivity index (χ2n) is 29.8. The summed E-state index contributed by atoms with van der Waals surface area (Å²) in [5, 5.41) is 0. The third-order valence-electron chi connectivity index (χ3n) is 21.2. The van der Waals surface area contributed by atoms with E-state index in [1.165, 1.54) is 76.1 Å². The molecule has 0 spiro atoms. The van der Waals surface area contributed by atoms with Crippen molar-refractivity contribution in [3.8, 4) is 0 Å². The molecule has 129 heavy (non-hydrogen) atoms. The highest BCUT2D eigenvalue weighted by atomic mass is 32.7. The minimum Gasteiger partial charge on any atom is -0.382 e. The molecule has 67 heteroatoms. The van der Waals surface area contributed by atoms with Gasteiger partial charge in [-0.05, 0) is 20.3 Å². The van der Waals surface area contributed by atoms with Gasteiger partial charge in [0.2, 0.25) is 17.8 Å². The molecular formula is C62H80N24O31P6S6. The van der Waals surface area contributed by atoms with Gasteiger partial charge in [-0.1, -0.05) is 80.4 Å². The molecule has 0 radical (unpaired) electrons. The Morgan fingerprint density at radius 3 is 0.922 bits per heavy atom. The number of hydrogen-bond donors (Lipinski definition) is 15. The molecule has 0 aromatic carbocycles. The van der Waals surface area contributed by atoms with E-state index in [1.807, 2.05) is 0 Å². The fraction of sp³-hybridized carbons (Fsp3) is 0.548. The lowest BCUT2D eigenvalue weighted by Gasteiger charge is -2.27. The first-order chi connectivity index (χ1) is 60.9. The first kappa shape index (κ1) is 95.1. The number of hydrogen-bond acceptors (Lipinski definition) is 44. The van der Waals surface area contributed by atoms with Gasteiger partial charge in [-0.3, -0.25) is 126 Å². The molecular weight excluding hydrogens is 1960 g/mol. The van der Waals surface area contributed by atoms with Crippen LogP contribution in [0.4, 0.5) is 23.7 Å². The number of ether oxygens (including phenoxy) is 6. The van der Waals surface area contributed by atoms with Gasteiger partial charge in [0.1, 0.15) is 110 Å². The van der Waals surface area contributed by atoms with Crippen LogP contribution in [-0.2, 0) is 110 Å². The number of thiol groups is 6. The Kier molecular flexibility index (Phi) is 27.8. The van der Waals surface area contributed by atoms with Gasteiger partial charge in [0.25, 0.3) is 27.8 Å². The number of aromatic amines is 5. The molecule has 6 saturated heterocycles. The van der Waals surface area contributed by atoms with Crippen molar-refractivity contribution in [1.29, 1.82) is 0 Å². The van der Waals surface area contributed by atoms with Crippen LogP contribution in [-0.4, -0.2) is 211 Å². The first-order valence-corrected chi connectivity index (χ1v) is 54.6. The average Bonchev–Trinajstić information content (AvgIpc) is 1.63. The highest BCUT2D eigenvalue weighted by molar-refractivity contribution is 8.46. The Labute approximate surface area is 752 Å². The summed E-state index contributed by atoms with van der Waals surface area (Å²) in [7, 11) is 1.09. The van der Waals surface area contributed by atoms with E-state index in [0.717, 1.165) is 16.2 Å². The van der Waals surface area contributed by atoms with Crippen LogP contribution >= 0.6 is 114 Å². The van der Waals surface area contributed by atoms with Gasteiger partial charge in [-0.25, -0.2) is 66.9 Å². The number of nitrogens with two attached hydrogens (primary N) is 4. The van der Waals surface area contributed by atoms with E-state index in [4.69, 9.17) is 106 Å². The quantitative estimate of drug-likeness (QED) is 0.0189. The third-order valence-corrected chi connectivity index (χ3v) is 31.2. The fourth-order valence-corrected chi connectivity index (χ4v) is 23.8. The minimum absolute atomic E-state index is 0.00384. The summed E-state index contributed by atoms with van der Waals surface area (Å²) in [6.45, 7) is -26.9. The number of nitrogen functional groups attached to an aromatic ring is 4. The first-order valence-electron chi connectivity index (χ1n) is 38.5. The summed E-state index contributed by atoms with van der Waals surface area (Å²) in [6.07, 6.45) is -15.5. The number of imidazole rings is 4. The van der Waals surface area contributed by atoms with Crippen LogP contribution in [0.2, 0.25) is 0 Å². The number of nitrogens with zero attached hydrogens (tertiary/aromatic N) is 15. The van der Waals surface area contributed by atoms with Crippen LogP contribution in [0, 0.1) is 13.8 Å². The molecule has 13 N–H and O–H groups in total. The van der Waals surface area contributed by atoms with Crippen LogP contribution < -0.4 is 62.1 Å². The molecule has 24 atom stereocenters. The number of nitrogens with one attached hydrogen (secondary N) is 5. The molecule has 6 aliphatic heterocycles. The summed E-state index contributed by atoms with van der Waals surface area (Å²) in [6, 6.07) is 0. The molecule has 0 saturated carbocycles. The molecule has 55 nitrogen and oxygen atoms in total. The SMILES string of the molecule is CC[C@H]1O[C@@H](n2cc(C)c(=O)[nH]c2=O)CC1OP(=O)(S)OC[C@H]1O[C@@H](n2cc(C)c(=O)[nH]c2=O)CC1OP(=O)(S)OC[C@H]1O[C@@H](n2cnc3c(=O)[nH]c(N)nc32)CC1OP(=O)(S)OC[C@H]1O[C@@H](n2cnc3c(=O)[nH]c(N)nc32)CC1OP(=O)(S)OC[C@H]1O[C@@H](n2cnc3c(N)ncnc32)CC1OP(=O)(S)OC[C@H]1O[C@@H](n2cnc3c(=O)[nH]c(N)nc32)CC1OP(=O)(S)OC. The predicted molar refractivity (Wildman–Crippen MR) is 467 cm³/mol. The van der Waals surface area contributed by atoms with Crippen LogP contribution in [0.1, 0.15) is 100 Å². The molecule has 700 valence electrons. The van der Waals surface area contributed by atoms with Gasteiger partial charge < -0.3 is 55.9 Å². The highest BCUT2D eigenvalue weighted by Gasteiger charge is 2.52. The van der Waals surface area contributed by atoms with Gasteiger partial charge in [0.15, 0.2) is 45.0 Å². The van der Waals surface area contributed by atoms with Crippen LogP contribution in [0.5, 0.6) is 0 Å². The Hall–Kier alpha value is -7.08. The van der Waals surface area contributed by atoms with E-state index in [0.29, 0.717) is 0 Å². The topological polar surface area (TPSA) is 717 Å². The van der Waals surface area contributed by atoms with E-state index in [1.54, 1.807) is 6.92 Å². The summed E-state index contributed by atoms with van der Waals surface area (Å²) in [5.41, 5.74) is 18.8. The zero-order valence-corrected chi connectivity index (χ0v) is 77.7. The van der Waals surface area contributed by atoms with Crippen molar-refractivity contribution in [2.45, 2.75) is 176 Å². The van der Waals surface area contributed by atoms with Crippen molar-refractivity contribution in [1.82, 2.24) is 97.2 Å². The summed E-state index contributed by atoms with van der Waals surface area (Å²) in [5.74, 6) is -0.889. The average molecular weight is 2040 g/mol. The predicted octanol–water partition coefficient (Wildman–Crippen LogP) is 4.67. The number of H-pyrrole nitrogens is 5. The number of aryl methyl sites for hydroxylation is 2. The maximum Gasteiger partial charge on any atom is 0.386 e. The third kappa shape index (κ3) is 21.2. The normalized spacial score (nSPS) is 29.0. The van der Waals surface area contributed by atoms with Crippen molar-refractivity contribution in [2.75, 3.05) is 63.1 Å². The van der Waals surface area contributed by atoms with Crippen molar-refractivity contribution >= 4 is 183 Å². The fourth-order valence-electron chi connectivity index (χ4n) is 15.2. The molecule has 6 aliphatic rings. The molecule has 0 amide bonds. The lowest BCUT2D eigenvalue weighted by Crippen LogP contribution is -2.33. The zero-order valence-electron chi connectivity index (χ0n) is 67.0. The van der Waals surface area contributed by atoms with Gasteiger partial charge in [-0.2, -0.15) is 15.0 Å². The summed E-state index contributed by atoms with van der Waals surface area (Å²) in [4.78, 5) is 139. The maximum absolute atomic E-state index is 15.1. The lowest BCUT2D eigenvalue weighted by molar-refractivity contribution is -0.0518. The summed E-state index contributed by atoms with van der Waals surface area (Å²) < 4.78 is 203. The minimum atomic E-state index is -4.88. The largest absolute Gasteiger partial charge is 0.386 e. The Bertz CT molecular complexity index is 6740. The Morgan fingerprint density at radius 1 is 0.364 bits per heavy atom. The van der Waals surface area contributed by atoms with Gasteiger partial charge >= 0.3 is 52.2 Å². The van der Waals surface area contributed by atoms with E-state index < -0.39 is 224 Å². The van der Waals surface area contributed by atoms with Crippen molar-refractivity contribution in [3.63, 3.8) is 0 Å². The molecule has 16 rings (SSSR count). The zero-order chi connectivity index (χ0) is 92.0. The standard InChI is InChI=1S/C62H80N24O31P6S6/c1-5-26-27(6-38(106-26)81-12-24(2)53(87)79-61(81)92)113-119(95,125)101-15-34-29(7-39(107-34)82-13-25(3)54(88)80-62(82)93)114-120(96,126)104-17-36-31(10-42(110-36)85-22-71-46-51(85)74-59(65)77-56(46)90)117-123(99,129)105-18-37-32(11-43(111-37)86-23-72-47-52(86)75-60(66)78-57(47)91)116-122(98,128)103-16-35-30(9-40(108-35)83-20-69-44-48(63)67-19-68-49(44)83)115-121(97,127)102-14-33-28(112-118(94,124)100-4)8-41(109-33)84-21-70-45-50(84)73-58(64)76-55(45)89/h12-13,19-23,26-43H,5-11,14-18H2,1-4H3,(H,94,124)(H,95,125)(H,96,126)(H,97,127)(H,98,128)(H,99,129)(H2,63,67,68)(H,79,87,92)(H,80,88,93)(H3,64,73,76,89)(H3,65,74,77,90)(H3,66,75,78,91)/t26-,27?,28?,29?,30?,31?,32?,33-,34-,35-,36-,37-,38-,39-,40-,41-,42-,43-,118?,119?,120?,121?,122?,123?/m1/s1. The Morgan fingerprint density at radius 2 is 0.628 bits per heavy atom. The van der Waals surface area contributed by atoms with Crippen molar-refractivity contribution in [3.05, 3.63) is 128 Å². The molecule has 12 unspecified atom stereocenters. The smallest absolute Gasteiger partial charge is 0.382 e. The monoisotopic (exact) mass is 2030 g/mol. The number of rotatable bonds is 35. The van der Waals surface area contributed by atoms with E-state index >= 15 is 9.13 Å². The molecule has 10 aromatic heterocycles. The maximum atomic E-state index is 15.1. The van der Waals surface area contributed by atoms with Crippen molar-refractivity contribution < 1.29 is 110 Å². The van der Waals surface area contributed by atoms with Crippen LogP contribution in [0.25, 0.3) is 44.7 Å². The molecule has 6 fully saturated rings. The molecule has 16 heterocycles. The van der Waals surface area contributed by atoms with Crippen LogP contribution in [0.15, 0.2) is 77.6 Å². The molecule has 10 aromatic rings. The van der Waals surface area contributed by atoms with E-state index in [-0.39, 0.29) is 124 Å². The number of anilines is 4. The van der Waals surface area contributed by atoms with Gasteiger partial charge in [0.05, 0.1) is 70.6 Å². The van der Waals surface area contributed by atoms with Gasteiger partial charge in [0, 0.05) is 69.2 Å². The molecule has 0 bridgehead atoms. The van der Waals surface area contributed by atoms with Gasteiger partial charge in [-0.15, -0.1) is 0 Å². The summed E-state index contributed by atoms with van der Waals surface area (Å²) >= 11 is 25.7. The number of aromatic nitrogens is 20. The van der Waals surface area contributed by atoms with Crippen LogP contribution in [0.3, 0.4) is 0 Å². The van der Waals surface area contributed by atoms with Crippen molar-refractivity contribution in [2.24, 2.45) is 0 Å². The van der Waals surface area contributed by atoms with E-state index in [2.05, 4.69) is 143 Å². The number of fused-ring (bicyclic) bond motifs is 4. The highest BCUT2D eigenvalue weighted by Crippen LogP contribution is 2.64. The second kappa shape index (κ2) is 37.6. The van der Waals surface area contributed by atoms with E-state index in [9.17, 15) is 51.8 Å². The Balaban J connectivity index is 0.623. The lowest BCUT2D eigenvalue weighted by atomic mass is 10.1. The second-order valence-corrected chi connectivity index (χ2v) is 47.2. The molecule has 0 aliphatic carbocycles.